The molecule has 3 aromatic rings. The number of aromatic nitrogens is 4. The molecule has 1 aliphatic heterocycles. The molecule has 0 aliphatic carbocycles. The van der Waals surface area contributed by atoms with E-state index in [4.69, 9.17) is 0 Å². The fourth-order valence-corrected chi connectivity index (χ4v) is 3.37. The summed E-state index contributed by atoms with van der Waals surface area (Å²) in [7, 11) is 0. The molecule has 1 atom stereocenters. The Labute approximate surface area is 140 Å². The predicted octanol–water partition coefficient (Wildman–Crippen LogP) is 2.40. The maximum Gasteiger partial charge on any atom is 0.244 e. The fourth-order valence-electron chi connectivity index (χ4n) is 3.37. The number of amides is 1. The maximum atomic E-state index is 12.7. The molecule has 6 heteroatoms. The number of hydrogen-bond acceptors (Lipinski definition) is 3. The van der Waals surface area contributed by atoms with Gasteiger partial charge in [-0.3, -0.25) is 14.2 Å². The number of benzene rings is 1. The molecular formula is C18H21N5O. The highest BCUT2D eigenvalue weighted by Crippen LogP contribution is 2.21. The molecule has 0 N–H and O–H groups in total. The number of rotatable bonds is 3. The zero-order valence-electron chi connectivity index (χ0n) is 13.8. The van der Waals surface area contributed by atoms with Crippen LogP contribution in [-0.2, 0) is 11.3 Å². The van der Waals surface area contributed by atoms with Crippen LogP contribution in [0.4, 0.5) is 0 Å². The molecule has 1 aromatic carbocycles. The molecule has 4 rings (SSSR count). The second kappa shape index (κ2) is 6.11. The van der Waals surface area contributed by atoms with Gasteiger partial charge in [-0.05, 0) is 31.4 Å². The largest absolute Gasteiger partial charge is 0.339 e. The zero-order valence-corrected chi connectivity index (χ0v) is 13.8. The lowest BCUT2D eigenvalue weighted by atomic mass is 10.1. The van der Waals surface area contributed by atoms with Gasteiger partial charge in [0.25, 0.3) is 0 Å². The van der Waals surface area contributed by atoms with Gasteiger partial charge in [0.05, 0.1) is 17.8 Å². The molecule has 24 heavy (non-hydrogen) atoms. The Bertz CT molecular complexity index is 832. The van der Waals surface area contributed by atoms with Crippen molar-refractivity contribution in [3.05, 3.63) is 48.4 Å². The van der Waals surface area contributed by atoms with Crippen LogP contribution in [0.2, 0.25) is 0 Å². The third-order valence-corrected chi connectivity index (χ3v) is 4.61. The maximum absolute atomic E-state index is 12.7. The number of aryl methyl sites for hydroxylation is 1. The number of carbonyl (C=O) groups is 1. The molecule has 3 heterocycles. The van der Waals surface area contributed by atoms with Crippen molar-refractivity contribution in [2.75, 3.05) is 13.1 Å². The molecule has 1 saturated heterocycles. The van der Waals surface area contributed by atoms with Crippen molar-refractivity contribution >= 4 is 16.8 Å². The molecule has 0 spiro atoms. The first-order valence-electron chi connectivity index (χ1n) is 8.40. The van der Waals surface area contributed by atoms with Gasteiger partial charge < -0.3 is 4.90 Å². The van der Waals surface area contributed by atoms with E-state index in [9.17, 15) is 4.79 Å². The number of nitrogens with zero attached hydrogens (tertiary/aromatic N) is 5. The standard InChI is InChI=1S/C18H21N5O/c1-14-9-19-23(10-14)16-6-4-8-21(12-16)18(24)13-22-11-15-5-2-3-7-17(15)20-22/h2-3,5,7,9-11,16H,4,6,8,12-13H2,1H3. The Morgan fingerprint density at radius 1 is 1.29 bits per heavy atom. The molecule has 2 aromatic heterocycles. The summed E-state index contributed by atoms with van der Waals surface area (Å²) in [6.45, 7) is 3.87. The Kier molecular flexibility index (Phi) is 3.80. The van der Waals surface area contributed by atoms with E-state index < -0.39 is 0 Å². The van der Waals surface area contributed by atoms with Crippen LogP contribution in [0.1, 0.15) is 24.4 Å². The lowest BCUT2D eigenvalue weighted by molar-refractivity contribution is -0.133. The van der Waals surface area contributed by atoms with E-state index in [0.717, 1.165) is 42.4 Å². The van der Waals surface area contributed by atoms with Crippen LogP contribution in [0.15, 0.2) is 42.9 Å². The summed E-state index contributed by atoms with van der Waals surface area (Å²) in [5.74, 6) is 0.122. The van der Waals surface area contributed by atoms with Crippen molar-refractivity contribution in [2.45, 2.75) is 32.4 Å². The molecular weight excluding hydrogens is 302 g/mol. The molecule has 0 saturated carbocycles. The van der Waals surface area contributed by atoms with Crippen molar-refractivity contribution in [1.82, 2.24) is 24.5 Å². The van der Waals surface area contributed by atoms with Crippen LogP contribution >= 0.6 is 0 Å². The first kappa shape index (κ1) is 14.9. The summed E-state index contributed by atoms with van der Waals surface area (Å²) in [5, 5.41) is 9.95. The second-order valence-corrected chi connectivity index (χ2v) is 6.52. The molecule has 0 bridgehead atoms. The number of carbonyl (C=O) groups excluding carboxylic acids is 1. The summed E-state index contributed by atoms with van der Waals surface area (Å²) < 4.78 is 3.74. The molecule has 124 valence electrons. The van der Waals surface area contributed by atoms with Crippen molar-refractivity contribution < 1.29 is 4.79 Å². The van der Waals surface area contributed by atoms with Crippen LogP contribution in [0.5, 0.6) is 0 Å². The van der Waals surface area contributed by atoms with E-state index in [1.807, 2.05) is 53.2 Å². The number of fused-ring (bicyclic) bond motifs is 1. The van der Waals surface area contributed by atoms with E-state index in [1.54, 1.807) is 4.68 Å². The quantitative estimate of drug-likeness (QED) is 0.744. The normalized spacial score (nSPS) is 18.2. The summed E-state index contributed by atoms with van der Waals surface area (Å²) >= 11 is 0. The van der Waals surface area contributed by atoms with Crippen LogP contribution < -0.4 is 0 Å². The Balaban J connectivity index is 1.45. The van der Waals surface area contributed by atoms with Gasteiger partial charge in [-0.2, -0.15) is 10.2 Å². The Morgan fingerprint density at radius 2 is 2.17 bits per heavy atom. The summed E-state index contributed by atoms with van der Waals surface area (Å²) in [5.41, 5.74) is 2.08. The summed E-state index contributed by atoms with van der Waals surface area (Å²) in [6.07, 6.45) is 7.94. The van der Waals surface area contributed by atoms with E-state index in [0.29, 0.717) is 6.54 Å². The average Bonchev–Trinajstić information content (AvgIpc) is 3.20. The van der Waals surface area contributed by atoms with E-state index in [1.165, 1.54) is 0 Å². The van der Waals surface area contributed by atoms with Crippen molar-refractivity contribution in [1.29, 1.82) is 0 Å². The van der Waals surface area contributed by atoms with Crippen LogP contribution in [0.3, 0.4) is 0 Å². The number of hydrogen-bond donors (Lipinski definition) is 0. The van der Waals surface area contributed by atoms with E-state index in [-0.39, 0.29) is 11.9 Å². The van der Waals surface area contributed by atoms with E-state index >= 15 is 0 Å². The summed E-state index contributed by atoms with van der Waals surface area (Å²) in [4.78, 5) is 14.6. The van der Waals surface area contributed by atoms with E-state index in [2.05, 4.69) is 16.4 Å². The third-order valence-electron chi connectivity index (χ3n) is 4.61. The van der Waals surface area contributed by atoms with Gasteiger partial charge >= 0.3 is 0 Å². The van der Waals surface area contributed by atoms with Crippen molar-refractivity contribution in [3.63, 3.8) is 0 Å². The second-order valence-electron chi connectivity index (χ2n) is 6.52. The lowest BCUT2D eigenvalue weighted by Gasteiger charge is -2.32. The summed E-state index contributed by atoms with van der Waals surface area (Å²) in [6, 6.07) is 8.20. The van der Waals surface area contributed by atoms with Gasteiger partial charge in [-0.15, -0.1) is 0 Å². The SMILES string of the molecule is Cc1cnn(C2CCCN(C(=O)Cn3cc4ccccc4n3)C2)c1. The molecule has 0 radical (unpaired) electrons. The molecule has 1 amide bonds. The van der Waals surface area contributed by atoms with Gasteiger partial charge in [-0.1, -0.05) is 18.2 Å². The highest BCUT2D eigenvalue weighted by atomic mass is 16.2. The van der Waals surface area contributed by atoms with Crippen molar-refractivity contribution in [2.24, 2.45) is 0 Å². The minimum Gasteiger partial charge on any atom is -0.339 e. The fraction of sp³-hybridized carbons (Fsp3) is 0.389. The average molecular weight is 323 g/mol. The Hall–Kier alpha value is -2.63. The zero-order chi connectivity index (χ0) is 16.5. The highest BCUT2D eigenvalue weighted by Gasteiger charge is 2.25. The topological polar surface area (TPSA) is 56.0 Å². The van der Waals surface area contributed by atoms with Gasteiger partial charge in [0.15, 0.2) is 0 Å². The predicted molar refractivity (Wildman–Crippen MR) is 91.5 cm³/mol. The lowest BCUT2D eigenvalue weighted by Crippen LogP contribution is -2.42. The minimum absolute atomic E-state index is 0.122. The number of piperidine rings is 1. The van der Waals surface area contributed by atoms with Gasteiger partial charge in [0.2, 0.25) is 5.91 Å². The van der Waals surface area contributed by atoms with Crippen LogP contribution in [0, 0.1) is 6.92 Å². The first-order valence-corrected chi connectivity index (χ1v) is 8.40. The number of likely N-dealkylation sites (tertiary alicyclic amines) is 1. The Morgan fingerprint density at radius 3 is 2.96 bits per heavy atom. The van der Waals surface area contributed by atoms with Crippen LogP contribution in [0.25, 0.3) is 10.9 Å². The minimum atomic E-state index is 0.122. The monoisotopic (exact) mass is 323 g/mol. The third kappa shape index (κ3) is 2.91. The smallest absolute Gasteiger partial charge is 0.244 e. The molecule has 1 unspecified atom stereocenters. The molecule has 6 nitrogen and oxygen atoms in total. The first-order chi connectivity index (χ1) is 11.7. The van der Waals surface area contributed by atoms with Crippen LogP contribution in [-0.4, -0.2) is 43.5 Å². The van der Waals surface area contributed by atoms with Crippen molar-refractivity contribution in [3.8, 4) is 0 Å². The van der Waals surface area contributed by atoms with Gasteiger partial charge in [-0.25, -0.2) is 0 Å². The van der Waals surface area contributed by atoms with Gasteiger partial charge in [0.1, 0.15) is 6.54 Å². The molecule has 1 aliphatic rings. The highest BCUT2D eigenvalue weighted by molar-refractivity contribution is 5.80. The molecule has 1 fully saturated rings. The van der Waals surface area contributed by atoms with Gasteiger partial charge in [0, 0.05) is 30.9 Å².